The quantitative estimate of drug-likeness (QED) is 0.549. The molecule has 2 radical (unpaired) electrons. The first-order valence-electron chi connectivity index (χ1n) is 7.48. The number of rotatable bonds is 8. The minimum Gasteiger partial charge on any atom is -0.384 e. The minimum atomic E-state index is 0.694. The Morgan fingerprint density at radius 1 is 1.00 bits per heavy atom. The van der Waals surface area contributed by atoms with Gasteiger partial charge in [-0.15, -0.1) is 0 Å². The van der Waals surface area contributed by atoms with Crippen molar-refractivity contribution in [2.24, 2.45) is 0 Å². The van der Waals surface area contributed by atoms with E-state index in [9.17, 15) is 0 Å². The number of likely N-dealkylation sites (N-methyl/N-ethyl adjacent to an activating group) is 1. The van der Waals surface area contributed by atoms with Gasteiger partial charge in [-0.25, -0.2) is 0 Å². The molecular formula is C19H23NOSi. The van der Waals surface area contributed by atoms with Gasteiger partial charge in [0, 0.05) is 12.8 Å². The zero-order chi connectivity index (χ0) is 15.8. The van der Waals surface area contributed by atoms with Crippen molar-refractivity contribution in [1.29, 1.82) is 0 Å². The first kappa shape index (κ1) is 16.7. The first-order valence-corrected chi connectivity index (χ1v) is 8.68. The fourth-order valence-electron chi connectivity index (χ4n) is 2.05. The lowest BCUT2D eigenvalue weighted by Gasteiger charge is -2.10. The molecule has 2 aromatic carbocycles. The van der Waals surface area contributed by atoms with Gasteiger partial charge in [-0.1, -0.05) is 66.4 Å². The highest BCUT2D eigenvalue weighted by atomic mass is 28.2. The van der Waals surface area contributed by atoms with E-state index in [1.807, 2.05) is 18.2 Å². The maximum absolute atomic E-state index is 5.65. The predicted octanol–water partition coefficient (Wildman–Crippen LogP) is 2.61. The highest BCUT2D eigenvalue weighted by Crippen LogP contribution is 2.20. The van der Waals surface area contributed by atoms with Crippen molar-refractivity contribution < 1.29 is 4.74 Å². The summed E-state index contributed by atoms with van der Waals surface area (Å²) in [6.45, 7) is 5.97. The van der Waals surface area contributed by atoms with Crippen molar-refractivity contribution in [3.8, 4) is 0 Å². The van der Waals surface area contributed by atoms with Crippen LogP contribution in [0.25, 0.3) is 5.57 Å². The van der Waals surface area contributed by atoms with Crippen LogP contribution in [-0.2, 0) is 4.74 Å². The number of nitrogens with zero attached hydrogens (tertiary/aromatic N) is 1. The maximum Gasteiger partial charge on any atom is 0.114 e. The molecule has 0 bridgehead atoms. The van der Waals surface area contributed by atoms with E-state index in [0.717, 1.165) is 25.0 Å². The number of hydrogen-bond donors (Lipinski definition) is 0. The molecule has 0 amide bonds. The molecule has 0 unspecified atom stereocenters. The van der Waals surface area contributed by atoms with Gasteiger partial charge >= 0.3 is 0 Å². The van der Waals surface area contributed by atoms with Crippen LogP contribution >= 0.6 is 0 Å². The van der Waals surface area contributed by atoms with Crippen LogP contribution in [0.4, 0.5) is 0 Å². The van der Waals surface area contributed by atoms with E-state index in [1.54, 1.807) is 0 Å². The molecule has 0 fully saturated rings. The van der Waals surface area contributed by atoms with Crippen LogP contribution in [0.2, 0.25) is 0 Å². The molecule has 0 N–H and O–H groups in total. The Kier molecular flexibility index (Phi) is 6.59. The summed E-state index contributed by atoms with van der Waals surface area (Å²) in [6, 6.07) is 19.0. The van der Waals surface area contributed by atoms with Crippen molar-refractivity contribution in [2.45, 2.75) is 0 Å². The third-order valence-electron chi connectivity index (χ3n) is 3.42. The van der Waals surface area contributed by atoms with Gasteiger partial charge in [0.25, 0.3) is 0 Å². The molecular weight excluding hydrogens is 286 g/mol. The molecule has 2 rings (SSSR count). The van der Waals surface area contributed by atoms with Crippen LogP contribution in [-0.4, -0.2) is 47.9 Å². The highest BCUT2D eigenvalue weighted by molar-refractivity contribution is 6.53. The van der Waals surface area contributed by atoms with Crippen LogP contribution in [0.3, 0.4) is 0 Å². The monoisotopic (exact) mass is 309 g/mol. The minimum absolute atomic E-state index is 0.694. The van der Waals surface area contributed by atoms with E-state index >= 15 is 0 Å². The van der Waals surface area contributed by atoms with Gasteiger partial charge in [0.05, 0.1) is 6.61 Å². The van der Waals surface area contributed by atoms with Gasteiger partial charge in [-0.05, 0) is 30.8 Å². The van der Waals surface area contributed by atoms with Crippen LogP contribution in [0, 0.1) is 0 Å². The van der Waals surface area contributed by atoms with Crippen molar-refractivity contribution >= 4 is 20.3 Å². The van der Waals surface area contributed by atoms with Crippen molar-refractivity contribution in [3.63, 3.8) is 0 Å². The normalized spacial score (nSPS) is 10.9. The Morgan fingerprint density at radius 2 is 1.64 bits per heavy atom. The third-order valence-corrected chi connectivity index (χ3v) is 4.51. The molecule has 0 aliphatic carbocycles. The summed E-state index contributed by atoms with van der Waals surface area (Å²) in [5, 5.41) is 1.33. The molecule has 0 aromatic heterocycles. The van der Waals surface area contributed by atoms with E-state index in [0.29, 0.717) is 9.52 Å². The van der Waals surface area contributed by atoms with Gasteiger partial charge in [0.15, 0.2) is 0 Å². The number of benzene rings is 2. The van der Waals surface area contributed by atoms with Gasteiger partial charge < -0.3 is 9.64 Å². The summed E-state index contributed by atoms with van der Waals surface area (Å²) >= 11 is 0. The summed E-state index contributed by atoms with van der Waals surface area (Å²) < 4.78 is 5.65. The van der Waals surface area contributed by atoms with Gasteiger partial charge in [-0.2, -0.15) is 0 Å². The Balaban J connectivity index is 1.84. The van der Waals surface area contributed by atoms with E-state index in [2.05, 4.69) is 62.0 Å². The van der Waals surface area contributed by atoms with Gasteiger partial charge in [0.2, 0.25) is 0 Å². The Bertz CT molecular complexity index is 578. The molecule has 0 heterocycles. The lowest BCUT2D eigenvalue weighted by molar-refractivity contribution is 0.154. The Morgan fingerprint density at radius 3 is 2.27 bits per heavy atom. The second-order valence-corrected chi connectivity index (χ2v) is 6.67. The molecule has 0 aliphatic heterocycles. The van der Waals surface area contributed by atoms with E-state index < -0.39 is 0 Å². The molecule has 0 spiro atoms. The number of hydrogen-bond acceptors (Lipinski definition) is 2. The molecule has 2 nitrogen and oxygen atoms in total. The Labute approximate surface area is 136 Å². The van der Waals surface area contributed by atoms with Gasteiger partial charge in [-0.3, -0.25) is 0 Å². The molecule has 22 heavy (non-hydrogen) atoms. The lowest BCUT2D eigenvalue weighted by atomic mass is 10.00. The third kappa shape index (κ3) is 5.26. The van der Waals surface area contributed by atoms with E-state index in [4.69, 9.17) is 4.74 Å². The zero-order valence-corrected chi connectivity index (χ0v) is 14.4. The zero-order valence-electron chi connectivity index (χ0n) is 13.4. The van der Waals surface area contributed by atoms with Crippen molar-refractivity contribution in [2.75, 3.05) is 33.5 Å². The van der Waals surface area contributed by atoms with Crippen LogP contribution < -0.4 is 5.19 Å². The van der Waals surface area contributed by atoms with Crippen LogP contribution in [0.1, 0.15) is 11.1 Å². The van der Waals surface area contributed by atoms with E-state index in [-0.39, 0.29) is 0 Å². The van der Waals surface area contributed by atoms with Crippen LogP contribution in [0.5, 0.6) is 0 Å². The lowest BCUT2D eigenvalue weighted by Crippen LogP contribution is -2.23. The molecule has 114 valence electrons. The van der Waals surface area contributed by atoms with Crippen LogP contribution in [0.15, 0.2) is 61.2 Å². The fraction of sp³-hybridized carbons (Fsp3) is 0.263. The average molecular weight is 309 g/mol. The smallest absolute Gasteiger partial charge is 0.114 e. The largest absolute Gasteiger partial charge is 0.384 e. The van der Waals surface area contributed by atoms with Gasteiger partial charge in [0.1, 0.15) is 9.52 Å². The second kappa shape index (κ2) is 8.69. The Hall–Kier alpha value is -1.68. The predicted molar refractivity (Wildman–Crippen MR) is 95.8 cm³/mol. The number of ether oxygens (including phenoxy) is 1. The van der Waals surface area contributed by atoms with Crippen molar-refractivity contribution in [3.05, 3.63) is 72.3 Å². The topological polar surface area (TPSA) is 12.5 Å². The SMILES string of the molecule is C=C(c1ccccc1)c1ccc([Si]COCCN(C)C)cc1. The summed E-state index contributed by atoms with van der Waals surface area (Å²) in [4.78, 5) is 2.13. The summed E-state index contributed by atoms with van der Waals surface area (Å²) in [6.07, 6.45) is 0.798. The molecule has 2 aromatic rings. The molecule has 0 aliphatic rings. The highest BCUT2D eigenvalue weighted by Gasteiger charge is 2.02. The molecule has 3 heteroatoms. The fourth-order valence-corrected chi connectivity index (χ4v) is 2.86. The summed E-state index contributed by atoms with van der Waals surface area (Å²) in [5.41, 5.74) is 3.41. The second-order valence-electron chi connectivity index (χ2n) is 5.45. The maximum atomic E-state index is 5.65. The van der Waals surface area contributed by atoms with Crippen molar-refractivity contribution in [1.82, 2.24) is 4.90 Å². The molecule has 0 saturated heterocycles. The average Bonchev–Trinajstić information content (AvgIpc) is 2.55. The molecule has 0 atom stereocenters. The first-order chi connectivity index (χ1) is 10.7. The van der Waals surface area contributed by atoms with E-state index in [1.165, 1.54) is 16.3 Å². The summed E-state index contributed by atoms with van der Waals surface area (Å²) in [7, 11) is 4.81. The molecule has 0 saturated carbocycles. The standard InChI is InChI=1S/C19H23NOSi/c1-16(17-7-5-4-6-8-17)18-9-11-19(12-10-18)22-15-21-14-13-20(2)3/h4-12H,1,13-15H2,2-3H3. The summed E-state index contributed by atoms with van der Waals surface area (Å²) in [5.74, 6) is 0.